The van der Waals surface area contributed by atoms with Crippen molar-refractivity contribution < 1.29 is 9.59 Å². The van der Waals surface area contributed by atoms with Crippen LogP contribution < -0.4 is 5.32 Å². The van der Waals surface area contributed by atoms with Gasteiger partial charge in [0, 0.05) is 30.9 Å². The summed E-state index contributed by atoms with van der Waals surface area (Å²) in [6.07, 6.45) is 3.34. The van der Waals surface area contributed by atoms with Crippen LogP contribution in [0.5, 0.6) is 0 Å². The van der Waals surface area contributed by atoms with Gasteiger partial charge in [-0.3, -0.25) is 9.59 Å². The van der Waals surface area contributed by atoms with Gasteiger partial charge in [0.1, 0.15) is 0 Å². The predicted octanol–water partition coefficient (Wildman–Crippen LogP) is 3.97. The lowest BCUT2D eigenvalue weighted by Crippen LogP contribution is -2.54. The monoisotopic (exact) mass is 396 g/mol. The first-order chi connectivity index (χ1) is 13.5. The molecule has 4 rings (SSSR count). The molecule has 28 heavy (non-hydrogen) atoms. The van der Waals surface area contributed by atoms with Gasteiger partial charge in [0.2, 0.25) is 11.8 Å². The van der Waals surface area contributed by atoms with Gasteiger partial charge in [-0.2, -0.15) is 0 Å². The third-order valence-corrected chi connectivity index (χ3v) is 7.26. The van der Waals surface area contributed by atoms with Crippen LogP contribution in [-0.4, -0.2) is 36.9 Å². The van der Waals surface area contributed by atoms with Crippen molar-refractivity contribution in [3.8, 4) is 10.4 Å². The number of rotatable bonds is 5. The normalized spacial score (nSPS) is 26.7. The molecule has 1 saturated heterocycles. The van der Waals surface area contributed by atoms with E-state index in [9.17, 15) is 9.59 Å². The van der Waals surface area contributed by atoms with E-state index in [1.54, 1.807) is 18.4 Å². The Morgan fingerprint density at radius 1 is 1.25 bits per heavy atom. The van der Waals surface area contributed by atoms with Crippen LogP contribution in [0.2, 0.25) is 0 Å². The summed E-state index contributed by atoms with van der Waals surface area (Å²) in [5.41, 5.74) is 1.82. The maximum absolute atomic E-state index is 13.1. The van der Waals surface area contributed by atoms with Crippen LogP contribution >= 0.6 is 11.3 Å². The second-order valence-corrected chi connectivity index (χ2v) is 9.30. The Labute approximate surface area is 170 Å². The van der Waals surface area contributed by atoms with Gasteiger partial charge >= 0.3 is 0 Å². The van der Waals surface area contributed by atoms with Crippen LogP contribution in [0.15, 0.2) is 41.8 Å². The number of benzene rings is 1. The SMILES string of the molecule is CNC(=O)[C@]1(Cc2ccccc2-c2cccs2)CCCN(C(=O)[C@H]2C[C@H]2C)C1. The van der Waals surface area contributed by atoms with Crippen molar-refractivity contribution in [1.82, 2.24) is 10.2 Å². The van der Waals surface area contributed by atoms with Crippen molar-refractivity contribution in [3.63, 3.8) is 0 Å². The maximum atomic E-state index is 13.1. The highest BCUT2D eigenvalue weighted by Crippen LogP contribution is 2.42. The van der Waals surface area contributed by atoms with E-state index in [4.69, 9.17) is 0 Å². The topological polar surface area (TPSA) is 49.4 Å². The fourth-order valence-corrected chi connectivity index (χ4v) is 5.39. The third-order valence-electron chi connectivity index (χ3n) is 6.36. The van der Waals surface area contributed by atoms with E-state index >= 15 is 0 Å². The average molecular weight is 397 g/mol. The summed E-state index contributed by atoms with van der Waals surface area (Å²) in [7, 11) is 1.71. The molecule has 1 aromatic carbocycles. The second kappa shape index (κ2) is 7.70. The van der Waals surface area contributed by atoms with Crippen LogP contribution in [0.1, 0.15) is 31.7 Å². The van der Waals surface area contributed by atoms with E-state index in [2.05, 4.69) is 48.0 Å². The van der Waals surface area contributed by atoms with Gasteiger partial charge in [-0.1, -0.05) is 37.3 Å². The number of hydrogen-bond donors (Lipinski definition) is 1. The van der Waals surface area contributed by atoms with E-state index < -0.39 is 5.41 Å². The van der Waals surface area contributed by atoms with Crippen molar-refractivity contribution in [2.24, 2.45) is 17.3 Å². The van der Waals surface area contributed by atoms with Crippen LogP contribution in [0.4, 0.5) is 0 Å². The lowest BCUT2D eigenvalue weighted by molar-refractivity contribution is -0.142. The van der Waals surface area contributed by atoms with Gasteiger partial charge in [0.05, 0.1) is 5.41 Å². The van der Waals surface area contributed by atoms with Crippen molar-refractivity contribution in [1.29, 1.82) is 0 Å². The number of likely N-dealkylation sites (tertiary alicyclic amines) is 1. The summed E-state index contributed by atoms with van der Waals surface area (Å²) in [5, 5.41) is 4.97. The molecule has 2 aliphatic rings. The lowest BCUT2D eigenvalue weighted by Gasteiger charge is -2.42. The molecule has 1 aromatic heterocycles. The Morgan fingerprint density at radius 2 is 2.04 bits per heavy atom. The number of nitrogens with one attached hydrogen (secondary N) is 1. The van der Waals surface area contributed by atoms with Crippen molar-refractivity contribution >= 4 is 23.2 Å². The molecule has 2 amide bonds. The summed E-state index contributed by atoms with van der Waals surface area (Å²) in [6, 6.07) is 12.5. The Hall–Kier alpha value is -2.14. The summed E-state index contributed by atoms with van der Waals surface area (Å²) in [6.45, 7) is 3.43. The van der Waals surface area contributed by atoms with Gasteiger partial charge in [0.15, 0.2) is 0 Å². The third kappa shape index (κ3) is 3.60. The minimum Gasteiger partial charge on any atom is -0.359 e. The van der Waals surface area contributed by atoms with Crippen molar-refractivity contribution in [3.05, 3.63) is 47.3 Å². The van der Waals surface area contributed by atoms with Gasteiger partial charge in [0.25, 0.3) is 0 Å². The number of carbonyl (C=O) groups excluding carboxylic acids is 2. The fraction of sp³-hybridized carbons (Fsp3) is 0.478. The van der Waals surface area contributed by atoms with Crippen molar-refractivity contribution in [2.45, 2.75) is 32.6 Å². The minimum absolute atomic E-state index is 0.0508. The highest BCUT2D eigenvalue weighted by atomic mass is 32.1. The van der Waals surface area contributed by atoms with Crippen LogP contribution in [0.3, 0.4) is 0 Å². The molecule has 5 heteroatoms. The highest BCUT2D eigenvalue weighted by molar-refractivity contribution is 7.13. The first kappa shape index (κ1) is 19.2. The molecule has 4 nitrogen and oxygen atoms in total. The molecular formula is C23H28N2O2S. The van der Waals surface area contributed by atoms with Crippen LogP contribution in [0.25, 0.3) is 10.4 Å². The van der Waals surface area contributed by atoms with Gasteiger partial charge in [-0.15, -0.1) is 11.3 Å². The molecule has 1 saturated carbocycles. The van der Waals surface area contributed by atoms with E-state index in [0.29, 0.717) is 18.9 Å². The van der Waals surface area contributed by atoms with E-state index in [1.807, 2.05) is 11.0 Å². The summed E-state index contributed by atoms with van der Waals surface area (Å²) < 4.78 is 0. The molecule has 2 fully saturated rings. The average Bonchev–Trinajstić information content (AvgIpc) is 3.20. The molecule has 3 atom stereocenters. The zero-order valence-corrected chi connectivity index (χ0v) is 17.4. The maximum Gasteiger partial charge on any atom is 0.228 e. The Bertz CT molecular complexity index is 863. The predicted molar refractivity (Wildman–Crippen MR) is 113 cm³/mol. The summed E-state index contributed by atoms with van der Waals surface area (Å²) >= 11 is 1.72. The molecule has 1 aliphatic carbocycles. The zero-order valence-electron chi connectivity index (χ0n) is 16.6. The van der Waals surface area contributed by atoms with Crippen molar-refractivity contribution in [2.75, 3.05) is 20.1 Å². The van der Waals surface area contributed by atoms with Gasteiger partial charge in [-0.05, 0) is 54.2 Å². The molecule has 0 radical (unpaired) electrons. The van der Waals surface area contributed by atoms with Crippen LogP contribution in [0, 0.1) is 17.3 Å². The minimum atomic E-state index is -0.561. The molecule has 2 heterocycles. The summed E-state index contributed by atoms with van der Waals surface area (Å²) in [5.74, 6) is 0.948. The number of thiophene rings is 1. The van der Waals surface area contributed by atoms with E-state index in [-0.39, 0.29) is 17.7 Å². The standard InChI is InChI=1S/C23H28N2O2S/c1-16-13-19(16)21(26)25-11-6-10-23(15-25,22(27)24-2)14-17-7-3-4-8-18(17)20-9-5-12-28-20/h3-5,7-9,12,16,19H,6,10-11,13-15H2,1-2H3,(H,24,27)/t16-,19+,23+/m1/s1. The molecule has 2 aromatic rings. The van der Waals surface area contributed by atoms with E-state index in [0.717, 1.165) is 25.8 Å². The Kier molecular flexibility index (Phi) is 5.28. The quantitative estimate of drug-likeness (QED) is 0.831. The van der Waals surface area contributed by atoms with Gasteiger partial charge < -0.3 is 10.2 Å². The Morgan fingerprint density at radius 3 is 2.71 bits per heavy atom. The highest BCUT2D eigenvalue weighted by Gasteiger charge is 2.47. The summed E-state index contributed by atoms with van der Waals surface area (Å²) in [4.78, 5) is 29.1. The lowest BCUT2D eigenvalue weighted by atomic mass is 9.73. The molecule has 1 aliphatic heterocycles. The van der Waals surface area contributed by atoms with Gasteiger partial charge in [-0.25, -0.2) is 0 Å². The molecular weight excluding hydrogens is 368 g/mol. The fourth-order valence-electron chi connectivity index (χ4n) is 4.61. The molecule has 0 spiro atoms. The smallest absolute Gasteiger partial charge is 0.228 e. The molecule has 0 bridgehead atoms. The molecule has 148 valence electrons. The molecule has 0 unspecified atom stereocenters. The zero-order chi connectivity index (χ0) is 19.7. The van der Waals surface area contributed by atoms with E-state index in [1.165, 1.54) is 16.0 Å². The molecule has 1 N–H and O–H groups in total. The number of nitrogens with zero attached hydrogens (tertiary/aromatic N) is 1. The number of amides is 2. The second-order valence-electron chi connectivity index (χ2n) is 8.35. The number of piperidine rings is 1. The van der Waals surface area contributed by atoms with Crippen LogP contribution in [-0.2, 0) is 16.0 Å². The number of carbonyl (C=O) groups is 2. The Balaban J connectivity index is 1.64. The largest absolute Gasteiger partial charge is 0.359 e. The first-order valence-corrected chi connectivity index (χ1v) is 11.0. The number of hydrogen-bond acceptors (Lipinski definition) is 3. The first-order valence-electron chi connectivity index (χ1n) is 10.2.